The molecule has 0 aromatic heterocycles. The number of carbonyl (C=O) groups excluding carboxylic acids is 1. The third-order valence-corrected chi connectivity index (χ3v) is 3.67. The van der Waals surface area contributed by atoms with Crippen molar-refractivity contribution in [3.8, 4) is 0 Å². The van der Waals surface area contributed by atoms with E-state index in [-0.39, 0.29) is 30.1 Å². The van der Waals surface area contributed by atoms with Crippen LogP contribution < -0.4 is 10.6 Å². The maximum Gasteiger partial charge on any atom is 0.410 e. The summed E-state index contributed by atoms with van der Waals surface area (Å²) in [5, 5.41) is 6.48. The molecule has 1 aliphatic carbocycles. The average molecular weight is 500 g/mol. The third-order valence-electron chi connectivity index (χ3n) is 3.67. The highest BCUT2D eigenvalue weighted by Gasteiger charge is 2.34. The molecule has 1 saturated carbocycles. The van der Waals surface area contributed by atoms with Gasteiger partial charge in [0.2, 0.25) is 0 Å². The SMILES string of the molecule is CN=C(NCCCOCCOC)NCCN(C(=O)OC(C)(C)C)C1CC1.I. The molecule has 27 heavy (non-hydrogen) atoms. The Balaban J connectivity index is 0.00000676. The quantitative estimate of drug-likeness (QED) is 0.196. The number of methoxy groups -OCH3 is 1. The number of nitrogens with one attached hydrogen (secondary N) is 2. The van der Waals surface area contributed by atoms with Crippen LogP contribution in [0.1, 0.15) is 40.0 Å². The summed E-state index contributed by atoms with van der Waals surface area (Å²) >= 11 is 0. The fraction of sp³-hybridized carbons (Fsp3) is 0.889. The fourth-order valence-electron chi connectivity index (χ4n) is 2.27. The van der Waals surface area contributed by atoms with Crippen LogP contribution in [0.25, 0.3) is 0 Å². The van der Waals surface area contributed by atoms with Gasteiger partial charge in [-0.2, -0.15) is 0 Å². The number of halogens is 1. The van der Waals surface area contributed by atoms with Crippen LogP contribution in [0.4, 0.5) is 4.79 Å². The molecule has 0 unspecified atom stereocenters. The van der Waals surface area contributed by atoms with Gasteiger partial charge in [-0.15, -0.1) is 24.0 Å². The molecular formula is C18H37IN4O4. The zero-order chi connectivity index (χ0) is 19.4. The van der Waals surface area contributed by atoms with Gasteiger partial charge in [-0.05, 0) is 40.0 Å². The van der Waals surface area contributed by atoms with Gasteiger partial charge in [0.25, 0.3) is 0 Å². The van der Waals surface area contributed by atoms with Crippen molar-refractivity contribution < 1.29 is 19.0 Å². The lowest BCUT2D eigenvalue weighted by Gasteiger charge is -2.27. The lowest BCUT2D eigenvalue weighted by atomic mass is 10.2. The molecule has 1 amide bonds. The van der Waals surface area contributed by atoms with Crippen LogP contribution in [-0.4, -0.2) is 82.2 Å². The minimum Gasteiger partial charge on any atom is -0.444 e. The monoisotopic (exact) mass is 500 g/mol. The van der Waals surface area contributed by atoms with Gasteiger partial charge >= 0.3 is 6.09 Å². The molecule has 0 aromatic carbocycles. The Kier molecular flexibility index (Phi) is 13.8. The van der Waals surface area contributed by atoms with E-state index >= 15 is 0 Å². The van der Waals surface area contributed by atoms with Gasteiger partial charge < -0.3 is 29.7 Å². The highest BCUT2D eigenvalue weighted by molar-refractivity contribution is 14.0. The summed E-state index contributed by atoms with van der Waals surface area (Å²) in [6, 6.07) is 0.311. The Labute approximate surface area is 180 Å². The zero-order valence-electron chi connectivity index (χ0n) is 17.4. The summed E-state index contributed by atoms with van der Waals surface area (Å²) in [5.41, 5.74) is -0.472. The summed E-state index contributed by atoms with van der Waals surface area (Å²) in [7, 11) is 3.39. The number of rotatable bonds is 11. The second-order valence-corrected chi connectivity index (χ2v) is 7.29. The normalized spacial score (nSPS) is 14.3. The molecule has 0 atom stereocenters. The molecule has 0 spiro atoms. The average Bonchev–Trinajstić information content (AvgIpc) is 3.39. The van der Waals surface area contributed by atoms with Crippen LogP contribution >= 0.6 is 24.0 Å². The molecule has 8 nitrogen and oxygen atoms in total. The number of amides is 1. The van der Waals surface area contributed by atoms with Crippen molar-refractivity contribution in [3.05, 3.63) is 0 Å². The maximum absolute atomic E-state index is 12.3. The molecule has 0 radical (unpaired) electrons. The van der Waals surface area contributed by atoms with E-state index in [2.05, 4.69) is 15.6 Å². The number of ether oxygens (including phenoxy) is 3. The van der Waals surface area contributed by atoms with Gasteiger partial charge in [-0.3, -0.25) is 4.99 Å². The standard InChI is InChI=1S/C18H36N4O4.HI/c1-18(2,3)26-17(23)22(15-7-8-15)11-10-21-16(19-4)20-9-6-12-25-14-13-24-5;/h15H,6-14H2,1-5H3,(H2,19,20,21);1H. The van der Waals surface area contributed by atoms with Crippen LogP contribution in [0.2, 0.25) is 0 Å². The predicted molar refractivity (Wildman–Crippen MR) is 118 cm³/mol. The number of guanidine groups is 1. The number of hydrogen-bond acceptors (Lipinski definition) is 5. The first kappa shape index (κ1) is 26.2. The largest absolute Gasteiger partial charge is 0.444 e. The molecule has 160 valence electrons. The van der Waals surface area contributed by atoms with Gasteiger partial charge in [0.15, 0.2) is 5.96 Å². The van der Waals surface area contributed by atoms with Gasteiger partial charge in [-0.25, -0.2) is 4.79 Å². The van der Waals surface area contributed by atoms with Crippen molar-refractivity contribution in [3.63, 3.8) is 0 Å². The van der Waals surface area contributed by atoms with Crippen molar-refractivity contribution in [2.75, 3.05) is 53.6 Å². The molecule has 1 aliphatic rings. The summed E-state index contributed by atoms with van der Waals surface area (Å²) in [4.78, 5) is 18.3. The van der Waals surface area contributed by atoms with E-state index in [1.807, 2.05) is 25.7 Å². The summed E-state index contributed by atoms with van der Waals surface area (Å²) in [5.74, 6) is 0.724. The Morgan fingerprint density at radius 3 is 2.37 bits per heavy atom. The summed E-state index contributed by atoms with van der Waals surface area (Å²) < 4.78 is 15.8. The first-order valence-electron chi connectivity index (χ1n) is 9.38. The van der Waals surface area contributed by atoms with Crippen LogP contribution in [-0.2, 0) is 14.2 Å². The van der Waals surface area contributed by atoms with Gasteiger partial charge in [0.1, 0.15) is 5.60 Å². The van der Waals surface area contributed by atoms with Crippen molar-refractivity contribution >= 4 is 36.0 Å². The molecule has 1 fully saturated rings. The Morgan fingerprint density at radius 1 is 1.15 bits per heavy atom. The third kappa shape index (κ3) is 13.1. The minimum atomic E-state index is -0.472. The molecular weight excluding hydrogens is 463 g/mol. The van der Waals surface area contributed by atoms with Gasteiger partial charge in [0.05, 0.1) is 13.2 Å². The van der Waals surface area contributed by atoms with Crippen LogP contribution in [0.5, 0.6) is 0 Å². The van der Waals surface area contributed by atoms with E-state index in [1.54, 1.807) is 14.2 Å². The number of aliphatic imine (C=N–C) groups is 1. The number of nitrogens with zero attached hydrogens (tertiary/aromatic N) is 2. The van der Waals surface area contributed by atoms with Crippen LogP contribution in [0.3, 0.4) is 0 Å². The first-order valence-corrected chi connectivity index (χ1v) is 9.38. The molecule has 1 rings (SSSR count). The van der Waals surface area contributed by atoms with Crippen molar-refractivity contribution in [2.45, 2.75) is 51.7 Å². The topological polar surface area (TPSA) is 84.4 Å². The van der Waals surface area contributed by atoms with Crippen molar-refractivity contribution in [1.82, 2.24) is 15.5 Å². The Bertz CT molecular complexity index is 440. The minimum absolute atomic E-state index is 0. The molecule has 0 aliphatic heterocycles. The lowest BCUT2D eigenvalue weighted by Crippen LogP contribution is -2.45. The Hall–Kier alpha value is -0.810. The predicted octanol–water partition coefficient (Wildman–Crippen LogP) is 2.22. The van der Waals surface area contributed by atoms with E-state index in [1.165, 1.54) is 0 Å². The molecule has 0 heterocycles. The molecule has 0 saturated heterocycles. The highest BCUT2D eigenvalue weighted by atomic mass is 127. The molecule has 0 bridgehead atoms. The highest BCUT2D eigenvalue weighted by Crippen LogP contribution is 2.27. The summed E-state index contributed by atoms with van der Waals surface area (Å²) in [6.07, 6.45) is 2.75. The smallest absolute Gasteiger partial charge is 0.410 e. The van der Waals surface area contributed by atoms with Gasteiger partial charge in [-0.1, -0.05) is 0 Å². The second kappa shape index (κ2) is 14.2. The second-order valence-electron chi connectivity index (χ2n) is 7.29. The van der Waals surface area contributed by atoms with E-state index in [0.29, 0.717) is 39.0 Å². The van der Waals surface area contributed by atoms with E-state index < -0.39 is 5.60 Å². The van der Waals surface area contributed by atoms with Crippen LogP contribution in [0, 0.1) is 0 Å². The van der Waals surface area contributed by atoms with Crippen molar-refractivity contribution in [1.29, 1.82) is 0 Å². The molecule has 0 aromatic rings. The van der Waals surface area contributed by atoms with Crippen molar-refractivity contribution in [2.24, 2.45) is 4.99 Å². The fourth-order valence-corrected chi connectivity index (χ4v) is 2.27. The molecule has 2 N–H and O–H groups in total. The van der Waals surface area contributed by atoms with Crippen LogP contribution in [0.15, 0.2) is 4.99 Å². The van der Waals surface area contributed by atoms with E-state index in [4.69, 9.17) is 14.2 Å². The zero-order valence-corrected chi connectivity index (χ0v) is 19.7. The van der Waals surface area contributed by atoms with Gasteiger partial charge in [0, 0.05) is 46.4 Å². The van der Waals surface area contributed by atoms with E-state index in [9.17, 15) is 4.79 Å². The first-order chi connectivity index (χ1) is 12.4. The lowest BCUT2D eigenvalue weighted by molar-refractivity contribution is 0.0238. The van der Waals surface area contributed by atoms with E-state index in [0.717, 1.165) is 31.8 Å². The number of carbonyl (C=O) groups is 1. The maximum atomic E-state index is 12.3. The molecule has 9 heteroatoms. The number of hydrogen-bond donors (Lipinski definition) is 2. The Morgan fingerprint density at radius 2 is 1.81 bits per heavy atom. The summed E-state index contributed by atoms with van der Waals surface area (Å²) in [6.45, 7) is 9.57.